The van der Waals surface area contributed by atoms with Crippen molar-refractivity contribution in [2.45, 2.75) is 114 Å². The fourth-order valence-electron chi connectivity index (χ4n) is 5.70. The average molecular weight is 527 g/mol. The Labute approximate surface area is 226 Å². The highest BCUT2D eigenvalue weighted by molar-refractivity contribution is 7.95. The zero-order valence-electron chi connectivity index (χ0n) is 22.4. The first-order chi connectivity index (χ1) is 17.5. The number of ketones is 1. The molecular formula is C31H42O3S2. The smallest absolute Gasteiger partial charge is 0.193 e. The Hall–Kier alpha value is -1.59. The maximum atomic E-state index is 14.4. The molecule has 0 heterocycles. The summed E-state index contributed by atoms with van der Waals surface area (Å²) in [5.41, 5.74) is 3.87. The minimum atomic E-state index is 0.121. The van der Waals surface area contributed by atoms with Gasteiger partial charge in [0, 0.05) is 32.8 Å². The van der Waals surface area contributed by atoms with Crippen LogP contribution in [0.4, 0.5) is 0 Å². The van der Waals surface area contributed by atoms with E-state index in [-0.39, 0.29) is 5.78 Å². The third-order valence-corrected chi connectivity index (χ3v) is 8.63. The summed E-state index contributed by atoms with van der Waals surface area (Å²) in [6.07, 6.45) is 11.9. The van der Waals surface area contributed by atoms with Crippen LogP contribution in [0, 0.1) is 0 Å². The van der Waals surface area contributed by atoms with Gasteiger partial charge < -0.3 is 8.37 Å². The lowest BCUT2D eigenvalue weighted by Crippen LogP contribution is -2.16. The van der Waals surface area contributed by atoms with Crippen molar-refractivity contribution in [2.24, 2.45) is 0 Å². The molecule has 0 radical (unpaired) electrons. The van der Waals surface area contributed by atoms with E-state index in [4.69, 9.17) is 8.37 Å². The summed E-state index contributed by atoms with van der Waals surface area (Å²) in [7, 11) is 0. The van der Waals surface area contributed by atoms with Crippen LogP contribution in [0.25, 0.3) is 0 Å². The Morgan fingerprint density at radius 1 is 0.667 bits per heavy atom. The molecule has 0 saturated heterocycles. The van der Waals surface area contributed by atoms with Crippen molar-refractivity contribution in [3.05, 3.63) is 58.7 Å². The zero-order valence-corrected chi connectivity index (χ0v) is 24.0. The van der Waals surface area contributed by atoms with E-state index in [1.165, 1.54) is 62.6 Å². The molecule has 2 fully saturated rings. The number of rotatable bonds is 10. The van der Waals surface area contributed by atoms with Gasteiger partial charge in [-0.1, -0.05) is 90.5 Å². The maximum Gasteiger partial charge on any atom is 0.193 e. The number of benzene rings is 2. The monoisotopic (exact) mass is 526 g/mol. The molecule has 0 bridgehead atoms. The Bertz CT molecular complexity index is 925. The van der Waals surface area contributed by atoms with Gasteiger partial charge in [-0.25, -0.2) is 0 Å². The lowest BCUT2D eigenvalue weighted by Gasteiger charge is -2.28. The van der Waals surface area contributed by atoms with E-state index in [1.807, 2.05) is 24.3 Å². The van der Waals surface area contributed by atoms with E-state index in [2.05, 4.69) is 39.8 Å². The van der Waals surface area contributed by atoms with Gasteiger partial charge in [-0.3, -0.25) is 4.79 Å². The fourth-order valence-corrected chi connectivity index (χ4v) is 6.58. The predicted molar refractivity (Wildman–Crippen MR) is 155 cm³/mol. The SMILES string of the molecule is CC(C)SOc1cccc(C(=O)c2cccc(OSC(C)C)c2C2CCCCC2)c1C1CCCCC1. The van der Waals surface area contributed by atoms with E-state index in [1.54, 1.807) is 0 Å². The van der Waals surface area contributed by atoms with Gasteiger partial charge in [0.2, 0.25) is 0 Å². The fraction of sp³-hybridized carbons (Fsp3) is 0.581. The van der Waals surface area contributed by atoms with Crippen molar-refractivity contribution in [3.63, 3.8) is 0 Å². The lowest BCUT2D eigenvalue weighted by atomic mass is 9.77. The molecule has 0 spiro atoms. The van der Waals surface area contributed by atoms with Crippen molar-refractivity contribution in [3.8, 4) is 11.5 Å². The Morgan fingerprint density at radius 3 is 1.42 bits per heavy atom. The molecule has 3 nitrogen and oxygen atoms in total. The highest BCUT2D eigenvalue weighted by Gasteiger charge is 2.30. The van der Waals surface area contributed by atoms with Crippen LogP contribution >= 0.6 is 24.1 Å². The molecule has 2 aliphatic rings. The Balaban J connectivity index is 1.78. The Kier molecular flexibility index (Phi) is 10.1. The molecule has 2 aliphatic carbocycles. The number of hydrogen-bond donors (Lipinski definition) is 0. The predicted octanol–water partition coefficient (Wildman–Crippen LogP) is 9.88. The highest BCUT2D eigenvalue weighted by atomic mass is 32.2. The second kappa shape index (κ2) is 13.3. The summed E-state index contributed by atoms with van der Waals surface area (Å²) in [6, 6.07) is 12.1. The standard InChI is InChI=1S/C31H42O3S2/c1-21(2)35-33-27-19-11-17-25(29(27)23-13-7-5-8-14-23)31(32)26-18-12-20-28(34-36-22(3)4)30(26)24-15-9-6-10-16-24/h11-12,17-24H,5-10,13-16H2,1-4H3. The zero-order chi connectivity index (χ0) is 25.5. The second-order valence-corrected chi connectivity index (χ2v) is 13.5. The molecule has 2 aromatic rings. The molecule has 4 rings (SSSR count). The van der Waals surface area contributed by atoms with E-state index in [0.717, 1.165) is 59.4 Å². The summed E-state index contributed by atoms with van der Waals surface area (Å²) >= 11 is 2.96. The van der Waals surface area contributed by atoms with Crippen LogP contribution in [-0.2, 0) is 0 Å². The molecule has 0 N–H and O–H groups in total. The van der Waals surface area contributed by atoms with E-state index < -0.39 is 0 Å². The number of hydrogen-bond acceptors (Lipinski definition) is 5. The molecule has 36 heavy (non-hydrogen) atoms. The largest absolute Gasteiger partial charge is 0.425 e. The summed E-state index contributed by atoms with van der Waals surface area (Å²) in [4.78, 5) is 14.4. The molecule has 0 aliphatic heterocycles. The van der Waals surface area contributed by atoms with Crippen molar-refractivity contribution >= 4 is 29.9 Å². The van der Waals surface area contributed by atoms with Crippen LogP contribution in [0.2, 0.25) is 0 Å². The average Bonchev–Trinajstić information content (AvgIpc) is 2.90. The van der Waals surface area contributed by atoms with Gasteiger partial charge in [0.15, 0.2) is 5.78 Å². The van der Waals surface area contributed by atoms with E-state index >= 15 is 0 Å². The van der Waals surface area contributed by atoms with Crippen LogP contribution in [0.3, 0.4) is 0 Å². The first-order valence-electron chi connectivity index (χ1n) is 13.9. The maximum absolute atomic E-state index is 14.4. The third kappa shape index (κ3) is 6.83. The minimum Gasteiger partial charge on any atom is -0.425 e. The summed E-state index contributed by atoms with van der Waals surface area (Å²) in [5.74, 6) is 2.60. The van der Waals surface area contributed by atoms with Gasteiger partial charge in [-0.2, -0.15) is 0 Å². The van der Waals surface area contributed by atoms with Crippen molar-refractivity contribution in [2.75, 3.05) is 0 Å². The van der Waals surface area contributed by atoms with E-state index in [9.17, 15) is 4.79 Å². The highest BCUT2D eigenvalue weighted by Crippen LogP contribution is 2.44. The van der Waals surface area contributed by atoms with Crippen LogP contribution < -0.4 is 8.37 Å². The van der Waals surface area contributed by atoms with Crippen LogP contribution in [0.15, 0.2) is 36.4 Å². The molecule has 0 unspecified atom stereocenters. The second-order valence-electron chi connectivity index (χ2n) is 10.9. The van der Waals surface area contributed by atoms with Crippen LogP contribution in [-0.4, -0.2) is 16.3 Å². The van der Waals surface area contributed by atoms with Gasteiger partial charge in [0.05, 0.1) is 24.1 Å². The molecule has 0 amide bonds. The summed E-state index contributed by atoms with van der Waals surface area (Å²) in [6.45, 7) is 8.54. The third-order valence-electron chi connectivity index (χ3n) is 7.31. The topological polar surface area (TPSA) is 35.5 Å². The van der Waals surface area contributed by atoms with Crippen molar-refractivity contribution in [1.82, 2.24) is 0 Å². The summed E-state index contributed by atoms with van der Waals surface area (Å²) in [5, 5.41) is 0.711. The molecule has 0 atom stereocenters. The van der Waals surface area contributed by atoms with Crippen LogP contribution in [0.5, 0.6) is 11.5 Å². The number of carbonyl (C=O) groups is 1. The van der Waals surface area contributed by atoms with Crippen molar-refractivity contribution in [1.29, 1.82) is 0 Å². The van der Waals surface area contributed by atoms with E-state index in [0.29, 0.717) is 22.3 Å². The minimum absolute atomic E-state index is 0.121. The first kappa shape index (κ1) is 27.4. The first-order valence-corrected chi connectivity index (χ1v) is 15.5. The van der Waals surface area contributed by atoms with Gasteiger partial charge >= 0.3 is 0 Å². The normalized spacial score (nSPS) is 17.5. The number of carbonyl (C=O) groups excluding carboxylic acids is 1. The molecule has 196 valence electrons. The van der Waals surface area contributed by atoms with Crippen LogP contribution in [0.1, 0.15) is 131 Å². The van der Waals surface area contributed by atoms with Gasteiger partial charge in [0.25, 0.3) is 0 Å². The molecule has 2 aromatic carbocycles. The van der Waals surface area contributed by atoms with Gasteiger partial charge in [0.1, 0.15) is 11.5 Å². The molecule has 0 aromatic heterocycles. The van der Waals surface area contributed by atoms with Gasteiger partial charge in [-0.15, -0.1) is 0 Å². The molecule has 2 saturated carbocycles. The van der Waals surface area contributed by atoms with Gasteiger partial charge in [-0.05, 0) is 49.7 Å². The Morgan fingerprint density at radius 2 is 1.06 bits per heavy atom. The lowest BCUT2D eigenvalue weighted by molar-refractivity contribution is 0.103. The molecule has 5 heteroatoms. The molecular weight excluding hydrogens is 484 g/mol. The van der Waals surface area contributed by atoms with Crippen molar-refractivity contribution < 1.29 is 13.2 Å². The summed E-state index contributed by atoms with van der Waals surface area (Å²) < 4.78 is 12.5. The quantitative estimate of drug-likeness (QED) is 0.227.